The SMILES string of the molecule is C1=Cc2ccc3nc4ccccc4nc3c2SN1. The molecule has 1 aromatic heterocycles. The molecule has 2 aromatic carbocycles. The summed E-state index contributed by atoms with van der Waals surface area (Å²) < 4.78 is 3.15. The Morgan fingerprint density at radius 3 is 2.61 bits per heavy atom. The summed E-state index contributed by atoms with van der Waals surface area (Å²) in [6.07, 6.45) is 4.00. The molecule has 0 radical (unpaired) electrons. The summed E-state index contributed by atoms with van der Waals surface area (Å²) >= 11 is 1.59. The van der Waals surface area contributed by atoms with E-state index in [1.807, 2.05) is 36.5 Å². The van der Waals surface area contributed by atoms with Gasteiger partial charge in [-0.15, -0.1) is 0 Å². The maximum atomic E-state index is 4.73. The van der Waals surface area contributed by atoms with Crippen LogP contribution in [-0.4, -0.2) is 9.97 Å². The van der Waals surface area contributed by atoms with Crippen LogP contribution in [0.1, 0.15) is 5.56 Å². The van der Waals surface area contributed by atoms with Crippen LogP contribution in [-0.2, 0) is 0 Å². The standard InChI is InChI=1S/C14H9N3S/c1-2-4-11-10(3-1)16-12-6-5-9-7-8-15-18-14(9)13(12)17-11/h1-8,15H. The normalized spacial score (nSPS) is 13.6. The highest BCUT2D eigenvalue weighted by Gasteiger charge is 2.12. The van der Waals surface area contributed by atoms with E-state index in [2.05, 4.69) is 21.8 Å². The van der Waals surface area contributed by atoms with Gasteiger partial charge < -0.3 is 4.72 Å². The smallest absolute Gasteiger partial charge is 0.105 e. The molecule has 1 aliphatic heterocycles. The Labute approximate surface area is 108 Å². The maximum absolute atomic E-state index is 4.73. The van der Waals surface area contributed by atoms with E-state index in [1.165, 1.54) is 5.56 Å². The van der Waals surface area contributed by atoms with E-state index in [4.69, 9.17) is 4.98 Å². The van der Waals surface area contributed by atoms with E-state index in [0.29, 0.717) is 0 Å². The molecule has 0 saturated heterocycles. The molecule has 86 valence electrons. The fraction of sp³-hybridized carbons (Fsp3) is 0. The van der Waals surface area contributed by atoms with Crippen LogP contribution >= 0.6 is 11.9 Å². The van der Waals surface area contributed by atoms with E-state index in [9.17, 15) is 0 Å². The molecule has 3 nitrogen and oxygen atoms in total. The van der Waals surface area contributed by atoms with Gasteiger partial charge in [-0.25, -0.2) is 9.97 Å². The largest absolute Gasteiger partial charge is 0.332 e. The van der Waals surface area contributed by atoms with Crippen LogP contribution in [0.5, 0.6) is 0 Å². The van der Waals surface area contributed by atoms with Crippen LogP contribution in [0.3, 0.4) is 0 Å². The van der Waals surface area contributed by atoms with Crippen LogP contribution in [0.4, 0.5) is 0 Å². The number of hydrogen-bond acceptors (Lipinski definition) is 4. The van der Waals surface area contributed by atoms with Crippen LogP contribution in [0.25, 0.3) is 28.1 Å². The minimum atomic E-state index is 0.938. The highest BCUT2D eigenvalue weighted by atomic mass is 32.2. The zero-order chi connectivity index (χ0) is 11.9. The molecule has 3 aromatic rings. The molecule has 4 rings (SSSR count). The number of rotatable bonds is 0. The molecule has 0 bridgehead atoms. The molecule has 1 N–H and O–H groups in total. The van der Waals surface area contributed by atoms with E-state index in [0.717, 1.165) is 27.0 Å². The van der Waals surface area contributed by atoms with Gasteiger partial charge in [0.15, 0.2) is 0 Å². The highest BCUT2D eigenvalue weighted by Crippen LogP contribution is 2.32. The van der Waals surface area contributed by atoms with Crippen LogP contribution in [0, 0.1) is 0 Å². The third kappa shape index (κ3) is 1.39. The van der Waals surface area contributed by atoms with Crippen molar-refractivity contribution in [2.75, 3.05) is 0 Å². The Bertz CT molecular complexity index is 796. The number of hydrogen-bond donors (Lipinski definition) is 1. The van der Waals surface area contributed by atoms with Crippen molar-refractivity contribution in [3.8, 4) is 0 Å². The van der Waals surface area contributed by atoms with Gasteiger partial charge in [0.1, 0.15) is 5.52 Å². The van der Waals surface area contributed by atoms with Crippen molar-refractivity contribution >= 4 is 40.1 Å². The van der Waals surface area contributed by atoms with Crippen molar-refractivity contribution in [3.05, 3.63) is 48.2 Å². The molecule has 0 spiro atoms. The summed E-state index contributed by atoms with van der Waals surface area (Å²) in [5.41, 5.74) is 4.98. The Hall–Kier alpha value is -2.07. The van der Waals surface area contributed by atoms with Crippen molar-refractivity contribution in [3.63, 3.8) is 0 Å². The molecule has 2 heterocycles. The fourth-order valence-corrected chi connectivity index (χ4v) is 2.89. The molecule has 0 unspecified atom stereocenters. The first-order valence-electron chi connectivity index (χ1n) is 5.70. The molecule has 18 heavy (non-hydrogen) atoms. The number of nitrogens with zero attached hydrogens (tertiary/aromatic N) is 2. The van der Waals surface area contributed by atoms with Crippen LogP contribution in [0.15, 0.2) is 47.5 Å². The Morgan fingerprint density at radius 1 is 0.889 bits per heavy atom. The van der Waals surface area contributed by atoms with Gasteiger partial charge in [0.05, 0.1) is 21.4 Å². The Kier molecular flexibility index (Phi) is 2.04. The lowest BCUT2D eigenvalue weighted by Crippen LogP contribution is -2.00. The molecule has 4 heteroatoms. The molecular weight excluding hydrogens is 242 g/mol. The van der Waals surface area contributed by atoms with E-state index in [1.54, 1.807) is 11.9 Å². The molecule has 0 atom stereocenters. The average molecular weight is 251 g/mol. The summed E-state index contributed by atoms with van der Waals surface area (Å²) in [5, 5.41) is 0. The quantitative estimate of drug-likeness (QED) is 0.491. The van der Waals surface area contributed by atoms with E-state index in [-0.39, 0.29) is 0 Å². The molecule has 0 aliphatic carbocycles. The number of para-hydroxylation sites is 2. The van der Waals surface area contributed by atoms with Gasteiger partial charge in [-0.05, 0) is 41.8 Å². The van der Waals surface area contributed by atoms with E-state index >= 15 is 0 Å². The zero-order valence-corrected chi connectivity index (χ0v) is 10.2. The van der Waals surface area contributed by atoms with Gasteiger partial charge in [-0.3, -0.25) is 0 Å². The number of aromatic nitrogens is 2. The van der Waals surface area contributed by atoms with Crippen molar-refractivity contribution in [2.45, 2.75) is 4.90 Å². The Morgan fingerprint density at radius 2 is 1.72 bits per heavy atom. The lowest BCUT2D eigenvalue weighted by atomic mass is 10.1. The number of fused-ring (bicyclic) bond motifs is 4. The second-order valence-electron chi connectivity index (χ2n) is 4.12. The minimum Gasteiger partial charge on any atom is -0.332 e. The predicted molar refractivity (Wildman–Crippen MR) is 75.1 cm³/mol. The van der Waals surface area contributed by atoms with Crippen molar-refractivity contribution in [1.82, 2.24) is 14.7 Å². The van der Waals surface area contributed by atoms with Crippen molar-refractivity contribution in [2.24, 2.45) is 0 Å². The van der Waals surface area contributed by atoms with Crippen LogP contribution in [0.2, 0.25) is 0 Å². The van der Waals surface area contributed by atoms with E-state index < -0.39 is 0 Å². The first kappa shape index (κ1) is 9.91. The van der Waals surface area contributed by atoms with Crippen molar-refractivity contribution in [1.29, 1.82) is 0 Å². The lowest BCUT2D eigenvalue weighted by molar-refractivity contribution is 1.29. The first-order chi connectivity index (χ1) is 8.92. The third-order valence-corrected chi connectivity index (χ3v) is 3.87. The number of nitrogens with one attached hydrogen (secondary N) is 1. The lowest BCUT2D eigenvalue weighted by Gasteiger charge is -2.13. The van der Waals surface area contributed by atoms with Crippen molar-refractivity contribution < 1.29 is 0 Å². The Balaban J connectivity index is 2.15. The third-order valence-electron chi connectivity index (χ3n) is 2.99. The average Bonchev–Trinajstić information content (AvgIpc) is 2.45. The predicted octanol–water partition coefficient (Wildman–Crippen LogP) is 3.36. The summed E-state index contributed by atoms with van der Waals surface area (Å²) in [6.45, 7) is 0. The minimum absolute atomic E-state index is 0.938. The molecule has 0 fully saturated rings. The summed E-state index contributed by atoms with van der Waals surface area (Å²) in [7, 11) is 0. The maximum Gasteiger partial charge on any atom is 0.105 e. The topological polar surface area (TPSA) is 37.8 Å². The zero-order valence-electron chi connectivity index (χ0n) is 9.42. The molecular formula is C14H9N3S. The van der Waals surface area contributed by atoms with Gasteiger partial charge in [-0.2, -0.15) is 0 Å². The van der Waals surface area contributed by atoms with Gasteiger partial charge >= 0.3 is 0 Å². The van der Waals surface area contributed by atoms with Crippen LogP contribution < -0.4 is 4.72 Å². The fourth-order valence-electron chi connectivity index (χ4n) is 2.13. The second kappa shape index (κ2) is 3.71. The second-order valence-corrected chi connectivity index (χ2v) is 4.97. The summed E-state index contributed by atoms with van der Waals surface area (Å²) in [6, 6.07) is 12.1. The number of benzene rings is 2. The summed E-state index contributed by atoms with van der Waals surface area (Å²) in [4.78, 5) is 10.5. The summed E-state index contributed by atoms with van der Waals surface area (Å²) in [5.74, 6) is 0. The molecule has 0 saturated carbocycles. The van der Waals surface area contributed by atoms with Gasteiger partial charge in [0, 0.05) is 6.20 Å². The molecule has 0 amide bonds. The highest BCUT2D eigenvalue weighted by molar-refractivity contribution is 7.97. The van der Waals surface area contributed by atoms with Gasteiger partial charge in [-0.1, -0.05) is 18.2 Å². The molecule has 1 aliphatic rings. The van der Waals surface area contributed by atoms with Gasteiger partial charge in [0.25, 0.3) is 0 Å². The first-order valence-corrected chi connectivity index (χ1v) is 6.52. The monoisotopic (exact) mass is 251 g/mol. The van der Waals surface area contributed by atoms with Gasteiger partial charge in [0.2, 0.25) is 0 Å².